The number of halogens is 2. The van der Waals surface area contributed by atoms with Crippen molar-refractivity contribution in [3.05, 3.63) is 57.8 Å². The molecule has 0 aliphatic rings. The maximum absolute atomic E-state index is 14.0. The largest absolute Gasteiger partial charge is 0.453 e. The van der Waals surface area contributed by atoms with Crippen molar-refractivity contribution in [2.75, 3.05) is 0 Å². The van der Waals surface area contributed by atoms with E-state index < -0.39 is 0 Å². The molecule has 0 unspecified atom stereocenters. The highest BCUT2D eigenvalue weighted by Gasteiger charge is 2.10. The monoisotopic (exact) mass is 351 g/mol. The van der Waals surface area contributed by atoms with E-state index in [1.807, 2.05) is 18.2 Å². The summed E-state index contributed by atoms with van der Waals surface area (Å²) in [4.78, 5) is 0. The minimum atomic E-state index is -0.324. The van der Waals surface area contributed by atoms with Crippen LogP contribution in [0.4, 0.5) is 4.39 Å². The highest BCUT2D eigenvalue weighted by Crippen LogP contribution is 2.32. The van der Waals surface area contributed by atoms with Crippen molar-refractivity contribution in [2.24, 2.45) is 0 Å². The lowest BCUT2D eigenvalue weighted by Gasteiger charge is -2.12. The maximum Gasteiger partial charge on any atom is 0.168 e. The first-order valence-electron chi connectivity index (χ1n) is 6.92. The molecule has 1 N–H and O–H groups in total. The first-order valence-corrected chi connectivity index (χ1v) is 7.71. The summed E-state index contributed by atoms with van der Waals surface area (Å²) in [6.45, 7) is 6.72. The van der Waals surface area contributed by atoms with Crippen molar-refractivity contribution in [1.82, 2.24) is 5.32 Å². The Balaban J connectivity index is 2.16. The second-order valence-electron chi connectivity index (χ2n) is 5.29. The van der Waals surface area contributed by atoms with Crippen LogP contribution in [0.5, 0.6) is 11.5 Å². The van der Waals surface area contributed by atoms with Crippen LogP contribution in [-0.2, 0) is 6.54 Å². The van der Waals surface area contributed by atoms with E-state index in [1.165, 1.54) is 0 Å². The maximum atomic E-state index is 14.0. The fourth-order valence-electron chi connectivity index (χ4n) is 1.88. The quantitative estimate of drug-likeness (QED) is 0.800. The standard InChI is InChI=1S/C17H19BrFNO/c1-11(2)20-10-13-7-8-15(14(18)9-13)21-16-6-4-5-12(3)17(16)19/h4-9,11,20H,10H2,1-3H3. The first kappa shape index (κ1) is 16.0. The van der Waals surface area contributed by atoms with Gasteiger partial charge in [-0.15, -0.1) is 0 Å². The van der Waals surface area contributed by atoms with Crippen LogP contribution in [0, 0.1) is 12.7 Å². The molecule has 0 bridgehead atoms. The highest BCUT2D eigenvalue weighted by atomic mass is 79.9. The third-order valence-corrected chi connectivity index (χ3v) is 3.71. The number of nitrogens with one attached hydrogen (secondary N) is 1. The van der Waals surface area contributed by atoms with Gasteiger partial charge in [-0.1, -0.05) is 32.0 Å². The fraction of sp³-hybridized carbons (Fsp3) is 0.294. The molecule has 112 valence electrons. The van der Waals surface area contributed by atoms with E-state index in [9.17, 15) is 4.39 Å². The Morgan fingerprint density at radius 1 is 1.19 bits per heavy atom. The molecule has 0 amide bonds. The van der Waals surface area contributed by atoms with Gasteiger partial charge in [0.25, 0.3) is 0 Å². The van der Waals surface area contributed by atoms with Crippen LogP contribution in [0.1, 0.15) is 25.0 Å². The van der Waals surface area contributed by atoms with E-state index in [2.05, 4.69) is 35.1 Å². The van der Waals surface area contributed by atoms with Crippen molar-refractivity contribution in [2.45, 2.75) is 33.4 Å². The van der Waals surface area contributed by atoms with Crippen molar-refractivity contribution >= 4 is 15.9 Å². The lowest BCUT2D eigenvalue weighted by atomic mass is 10.2. The van der Waals surface area contributed by atoms with E-state index in [-0.39, 0.29) is 11.6 Å². The van der Waals surface area contributed by atoms with Crippen LogP contribution in [0.15, 0.2) is 40.9 Å². The van der Waals surface area contributed by atoms with E-state index in [0.717, 1.165) is 16.6 Å². The van der Waals surface area contributed by atoms with Crippen LogP contribution in [0.3, 0.4) is 0 Å². The molecule has 0 saturated carbocycles. The van der Waals surface area contributed by atoms with Crippen molar-refractivity contribution in [1.29, 1.82) is 0 Å². The average molecular weight is 352 g/mol. The molecule has 4 heteroatoms. The van der Waals surface area contributed by atoms with Crippen molar-refractivity contribution in [3.63, 3.8) is 0 Å². The topological polar surface area (TPSA) is 21.3 Å². The molecule has 21 heavy (non-hydrogen) atoms. The SMILES string of the molecule is Cc1cccc(Oc2ccc(CNC(C)C)cc2Br)c1F. The van der Waals surface area contributed by atoms with E-state index in [1.54, 1.807) is 25.1 Å². The number of benzene rings is 2. The number of rotatable bonds is 5. The molecule has 0 aromatic heterocycles. The Bertz CT molecular complexity index is 628. The van der Waals surface area contributed by atoms with Crippen LogP contribution >= 0.6 is 15.9 Å². The third-order valence-electron chi connectivity index (χ3n) is 3.09. The molecule has 2 nitrogen and oxygen atoms in total. The predicted octanol–water partition coefficient (Wildman–Crippen LogP) is 5.19. The molecular weight excluding hydrogens is 333 g/mol. The van der Waals surface area contributed by atoms with Gasteiger partial charge in [-0.05, 0) is 52.2 Å². The van der Waals surface area contributed by atoms with E-state index >= 15 is 0 Å². The average Bonchev–Trinajstić information content (AvgIpc) is 2.44. The summed E-state index contributed by atoms with van der Waals surface area (Å²) in [5, 5.41) is 3.35. The molecule has 0 aliphatic carbocycles. The second kappa shape index (κ2) is 7.05. The summed E-state index contributed by atoms with van der Waals surface area (Å²) < 4.78 is 20.4. The zero-order chi connectivity index (χ0) is 15.4. The Morgan fingerprint density at radius 2 is 1.95 bits per heavy atom. The highest BCUT2D eigenvalue weighted by molar-refractivity contribution is 9.10. The van der Waals surface area contributed by atoms with Gasteiger partial charge in [0.15, 0.2) is 11.6 Å². The molecule has 2 aromatic carbocycles. The summed E-state index contributed by atoms with van der Waals surface area (Å²) in [6, 6.07) is 11.4. The molecular formula is C17H19BrFNO. The van der Waals surface area contributed by atoms with E-state index in [4.69, 9.17) is 4.74 Å². The molecule has 2 rings (SSSR count). The third kappa shape index (κ3) is 4.29. The summed E-state index contributed by atoms with van der Waals surface area (Å²) in [6.07, 6.45) is 0. The van der Waals surface area contributed by atoms with Crippen LogP contribution in [-0.4, -0.2) is 6.04 Å². The van der Waals surface area contributed by atoms with Gasteiger partial charge >= 0.3 is 0 Å². The molecule has 2 aromatic rings. The van der Waals surface area contributed by atoms with Crippen molar-refractivity contribution < 1.29 is 9.13 Å². The molecule has 0 spiro atoms. The Morgan fingerprint density at radius 3 is 2.62 bits per heavy atom. The van der Waals surface area contributed by atoms with Gasteiger partial charge in [-0.3, -0.25) is 0 Å². The minimum Gasteiger partial charge on any atom is -0.453 e. The van der Waals surface area contributed by atoms with Crippen LogP contribution in [0.25, 0.3) is 0 Å². The van der Waals surface area contributed by atoms with Gasteiger partial charge in [0.1, 0.15) is 5.75 Å². The predicted molar refractivity (Wildman–Crippen MR) is 87.3 cm³/mol. The number of hydrogen-bond donors (Lipinski definition) is 1. The molecule has 0 saturated heterocycles. The number of aryl methyl sites for hydroxylation is 1. The van der Waals surface area contributed by atoms with Crippen LogP contribution < -0.4 is 10.1 Å². The van der Waals surface area contributed by atoms with Gasteiger partial charge < -0.3 is 10.1 Å². The van der Waals surface area contributed by atoms with Gasteiger partial charge in [-0.2, -0.15) is 0 Å². The summed E-state index contributed by atoms with van der Waals surface area (Å²) in [5.74, 6) is 0.520. The number of ether oxygens (including phenoxy) is 1. The second-order valence-corrected chi connectivity index (χ2v) is 6.14. The summed E-state index contributed by atoms with van der Waals surface area (Å²) >= 11 is 3.48. The fourth-order valence-corrected chi connectivity index (χ4v) is 2.38. The molecule has 0 radical (unpaired) electrons. The van der Waals surface area contributed by atoms with Gasteiger partial charge in [-0.25, -0.2) is 4.39 Å². The zero-order valence-corrected chi connectivity index (χ0v) is 14.0. The Labute approximate surface area is 133 Å². The van der Waals surface area contributed by atoms with Gasteiger partial charge in [0, 0.05) is 12.6 Å². The first-order chi connectivity index (χ1) is 9.97. The smallest absolute Gasteiger partial charge is 0.168 e. The van der Waals surface area contributed by atoms with Gasteiger partial charge in [0.05, 0.1) is 4.47 Å². The van der Waals surface area contributed by atoms with Crippen molar-refractivity contribution in [3.8, 4) is 11.5 Å². The normalized spacial score (nSPS) is 11.0. The molecule has 0 aliphatic heterocycles. The van der Waals surface area contributed by atoms with Crippen LogP contribution in [0.2, 0.25) is 0 Å². The Kier molecular flexibility index (Phi) is 5.37. The van der Waals surface area contributed by atoms with E-state index in [0.29, 0.717) is 17.4 Å². The lowest BCUT2D eigenvalue weighted by molar-refractivity contribution is 0.437. The molecule has 0 heterocycles. The summed E-state index contributed by atoms with van der Waals surface area (Å²) in [7, 11) is 0. The molecule has 0 fully saturated rings. The van der Waals surface area contributed by atoms with Gasteiger partial charge in [0.2, 0.25) is 0 Å². The molecule has 0 atom stereocenters. The Hall–Kier alpha value is -1.39. The lowest BCUT2D eigenvalue weighted by Crippen LogP contribution is -2.21. The zero-order valence-electron chi connectivity index (χ0n) is 12.4. The summed E-state index contributed by atoms with van der Waals surface area (Å²) in [5.41, 5.74) is 1.72. The minimum absolute atomic E-state index is 0.240. The number of hydrogen-bond acceptors (Lipinski definition) is 2.